The van der Waals surface area contributed by atoms with Gasteiger partial charge in [0.05, 0.1) is 0 Å². The van der Waals surface area contributed by atoms with Crippen molar-refractivity contribution in [1.29, 1.82) is 0 Å². The van der Waals surface area contributed by atoms with Crippen LogP contribution < -0.4 is 4.74 Å². The summed E-state index contributed by atoms with van der Waals surface area (Å²) in [7, 11) is 0. The van der Waals surface area contributed by atoms with Gasteiger partial charge in [-0.05, 0) is 29.3 Å². The molecular formula is C11H8F3NO. The average molecular weight is 227 g/mol. The van der Waals surface area contributed by atoms with Gasteiger partial charge in [0.1, 0.15) is 5.75 Å². The average Bonchev–Trinajstić information content (AvgIpc) is 2.68. The highest BCUT2D eigenvalue weighted by Crippen LogP contribution is 2.27. The van der Waals surface area contributed by atoms with Crippen molar-refractivity contribution >= 4 is 0 Å². The van der Waals surface area contributed by atoms with E-state index >= 15 is 0 Å². The lowest BCUT2D eigenvalue weighted by Crippen LogP contribution is -2.17. The minimum atomic E-state index is -4.66. The van der Waals surface area contributed by atoms with Gasteiger partial charge in [-0.15, -0.1) is 13.2 Å². The summed E-state index contributed by atoms with van der Waals surface area (Å²) >= 11 is 0. The Kier molecular flexibility index (Phi) is 2.60. The Morgan fingerprint density at radius 3 is 2.50 bits per heavy atom. The van der Waals surface area contributed by atoms with E-state index in [2.05, 4.69) is 9.72 Å². The molecule has 0 aliphatic heterocycles. The van der Waals surface area contributed by atoms with Gasteiger partial charge < -0.3 is 9.72 Å². The maximum Gasteiger partial charge on any atom is 0.573 e. The van der Waals surface area contributed by atoms with Crippen molar-refractivity contribution in [3.63, 3.8) is 0 Å². The van der Waals surface area contributed by atoms with Crippen LogP contribution in [0, 0.1) is 0 Å². The van der Waals surface area contributed by atoms with Crippen LogP contribution in [0.15, 0.2) is 42.7 Å². The number of halogens is 3. The Hall–Kier alpha value is -1.91. The standard InChI is InChI=1S/C11H8F3NO/c12-11(13,14)16-10-3-1-2-8(6-10)9-4-5-15-7-9/h1-7,15H. The van der Waals surface area contributed by atoms with Crippen LogP contribution in [-0.2, 0) is 0 Å². The lowest BCUT2D eigenvalue weighted by atomic mass is 10.1. The maximum absolute atomic E-state index is 12.0. The molecule has 84 valence electrons. The predicted molar refractivity (Wildman–Crippen MR) is 52.9 cm³/mol. The van der Waals surface area contributed by atoms with E-state index in [0.29, 0.717) is 5.56 Å². The van der Waals surface area contributed by atoms with Crippen molar-refractivity contribution in [3.05, 3.63) is 42.7 Å². The van der Waals surface area contributed by atoms with Gasteiger partial charge in [0.15, 0.2) is 0 Å². The molecule has 5 heteroatoms. The fourth-order valence-corrected chi connectivity index (χ4v) is 1.38. The molecule has 1 aromatic heterocycles. The number of rotatable bonds is 2. The van der Waals surface area contributed by atoms with Gasteiger partial charge in [-0.2, -0.15) is 0 Å². The van der Waals surface area contributed by atoms with Crippen molar-refractivity contribution in [2.45, 2.75) is 6.36 Å². The highest BCUT2D eigenvalue weighted by Gasteiger charge is 2.31. The predicted octanol–water partition coefficient (Wildman–Crippen LogP) is 3.58. The zero-order valence-electron chi connectivity index (χ0n) is 8.08. The first kappa shape index (κ1) is 10.6. The summed E-state index contributed by atoms with van der Waals surface area (Å²) in [6, 6.07) is 7.61. The Balaban J connectivity index is 2.27. The quantitative estimate of drug-likeness (QED) is 0.833. The van der Waals surface area contributed by atoms with E-state index in [1.807, 2.05) is 0 Å². The van der Waals surface area contributed by atoms with Gasteiger partial charge in [0, 0.05) is 12.4 Å². The number of hydrogen-bond acceptors (Lipinski definition) is 1. The lowest BCUT2D eigenvalue weighted by molar-refractivity contribution is -0.274. The van der Waals surface area contributed by atoms with Gasteiger partial charge in [0.2, 0.25) is 0 Å². The molecule has 0 aliphatic carbocycles. The summed E-state index contributed by atoms with van der Waals surface area (Å²) in [4.78, 5) is 2.83. The summed E-state index contributed by atoms with van der Waals surface area (Å²) in [6.45, 7) is 0. The van der Waals surface area contributed by atoms with Gasteiger partial charge in [-0.25, -0.2) is 0 Å². The van der Waals surface area contributed by atoms with Crippen molar-refractivity contribution < 1.29 is 17.9 Å². The second kappa shape index (κ2) is 3.92. The van der Waals surface area contributed by atoms with Crippen LogP contribution in [-0.4, -0.2) is 11.3 Å². The third kappa shape index (κ3) is 2.56. The van der Waals surface area contributed by atoms with Crippen LogP contribution in [0.1, 0.15) is 0 Å². The molecule has 0 spiro atoms. The Morgan fingerprint density at radius 2 is 1.88 bits per heavy atom. The number of benzene rings is 1. The van der Waals surface area contributed by atoms with Crippen LogP contribution in [0.4, 0.5) is 13.2 Å². The molecule has 1 N–H and O–H groups in total. The Labute approximate surface area is 89.7 Å². The van der Waals surface area contributed by atoms with Crippen molar-refractivity contribution in [1.82, 2.24) is 4.98 Å². The highest BCUT2D eigenvalue weighted by atomic mass is 19.4. The van der Waals surface area contributed by atoms with Crippen molar-refractivity contribution in [3.8, 4) is 16.9 Å². The maximum atomic E-state index is 12.0. The molecule has 16 heavy (non-hydrogen) atoms. The van der Waals surface area contributed by atoms with E-state index in [0.717, 1.165) is 5.56 Å². The summed E-state index contributed by atoms with van der Waals surface area (Å²) < 4.78 is 39.8. The van der Waals surface area contributed by atoms with E-state index < -0.39 is 6.36 Å². The summed E-state index contributed by atoms with van der Waals surface area (Å²) in [6.07, 6.45) is -1.25. The fraction of sp³-hybridized carbons (Fsp3) is 0.0909. The second-order valence-corrected chi connectivity index (χ2v) is 3.18. The monoisotopic (exact) mass is 227 g/mol. The van der Waals surface area contributed by atoms with E-state index in [9.17, 15) is 13.2 Å². The third-order valence-electron chi connectivity index (χ3n) is 2.00. The number of nitrogens with one attached hydrogen (secondary N) is 1. The SMILES string of the molecule is FC(F)(F)Oc1cccc(-c2cc[nH]c2)c1. The zero-order chi connectivity index (χ0) is 11.6. The van der Waals surface area contributed by atoms with Crippen molar-refractivity contribution in [2.75, 3.05) is 0 Å². The third-order valence-corrected chi connectivity index (χ3v) is 2.00. The van der Waals surface area contributed by atoms with Crippen LogP contribution in [0.2, 0.25) is 0 Å². The van der Waals surface area contributed by atoms with Crippen LogP contribution in [0.5, 0.6) is 5.75 Å². The molecule has 0 saturated heterocycles. The number of hydrogen-bond donors (Lipinski definition) is 1. The summed E-state index contributed by atoms with van der Waals surface area (Å²) in [5.74, 6) is -0.216. The molecule has 0 radical (unpaired) electrons. The van der Waals surface area contributed by atoms with Gasteiger partial charge in [-0.1, -0.05) is 12.1 Å². The molecule has 0 bridgehead atoms. The first-order valence-corrected chi connectivity index (χ1v) is 4.53. The number of ether oxygens (including phenoxy) is 1. The number of aromatic nitrogens is 1. The van der Waals surface area contributed by atoms with E-state index in [4.69, 9.17) is 0 Å². The van der Waals surface area contributed by atoms with Gasteiger partial charge in [0.25, 0.3) is 0 Å². The Bertz CT molecular complexity index is 462. The fourth-order valence-electron chi connectivity index (χ4n) is 1.38. The van der Waals surface area contributed by atoms with E-state index in [1.165, 1.54) is 18.2 Å². The first-order chi connectivity index (χ1) is 7.54. The molecule has 0 atom stereocenters. The zero-order valence-corrected chi connectivity index (χ0v) is 8.08. The number of aromatic amines is 1. The normalized spacial score (nSPS) is 11.4. The van der Waals surface area contributed by atoms with Crippen molar-refractivity contribution in [2.24, 2.45) is 0 Å². The smallest absolute Gasteiger partial charge is 0.406 e. The molecule has 0 unspecified atom stereocenters. The summed E-state index contributed by atoms with van der Waals surface area (Å²) in [5.41, 5.74) is 1.48. The molecule has 1 heterocycles. The minimum absolute atomic E-state index is 0.216. The largest absolute Gasteiger partial charge is 0.573 e. The molecule has 2 rings (SSSR count). The highest BCUT2D eigenvalue weighted by molar-refractivity contribution is 5.64. The molecular weight excluding hydrogens is 219 g/mol. The minimum Gasteiger partial charge on any atom is -0.406 e. The van der Waals surface area contributed by atoms with Crippen LogP contribution in [0.3, 0.4) is 0 Å². The topological polar surface area (TPSA) is 25.0 Å². The summed E-state index contributed by atoms with van der Waals surface area (Å²) in [5, 5.41) is 0. The molecule has 2 aromatic rings. The molecule has 0 fully saturated rings. The number of alkyl halides is 3. The lowest BCUT2D eigenvalue weighted by Gasteiger charge is -2.09. The Morgan fingerprint density at radius 1 is 1.06 bits per heavy atom. The second-order valence-electron chi connectivity index (χ2n) is 3.18. The van der Waals surface area contributed by atoms with Crippen LogP contribution in [0.25, 0.3) is 11.1 Å². The first-order valence-electron chi connectivity index (χ1n) is 4.53. The molecule has 2 nitrogen and oxygen atoms in total. The van der Waals surface area contributed by atoms with Crippen LogP contribution >= 0.6 is 0 Å². The van der Waals surface area contributed by atoms with E-state index in [1.54, 1.807) is 24.5 Å². The van der Waals surface area contributed by atoms with E-state index in [-0.39, 0.29) is 5.75 Å². The molecule has 0 amide bonds. The molecule has 0 saturated carbocycles. The van der Waals surface area contributed by atoms with Gasteiger partial charge in [-0.3, -0.25) is 0 Å². The number of H-pyrrole nitrogens is 1. The molecule has 0 aliphatic rings. The molecule has 1 aromatic carbocycles. The van der Waals surface area contributed by atoms with Gasteiger partial charge >= 0.3 is 6.36 Å².